The molecule has 0 aliphatic carbocycles. The summed E-state index contributed by atoms with van der Waals surface area (Å²) < 4.78 is 10.7. The van der Waals surface area contributed by atoms with E-state index in [9.17, 15) is 0 Å². The van der Waals surface area contributed by atoms with E-state index in [1.807, 2.05) is 48.0 Å². The van der Waals surface area contributed by atoms with E-state index in [0.717, 1.165) is 38.9 Å². The van der Waals surface area contributed by atoms with E-state index < -0.39 is 0 Å². The molecule has 0 amide bonds. The van der Waals surface area contributed by atoms with Gasteiger partial charge in [-0.05, 0) is 24.3 Å². The van der Waals surface area contributed by atoms with Gasteiger partial charge in [0.25, 0.3) is 0 Å². The van der Waals surface area contributed by atoms with Crippen LogP contribution in [0, 0.1) is 0 Å². The lowest BCUT2D eigenvalue weighted by atomic mass is 10.1. The van der Waals surface area contributed by atoms with Crippen molar-refractivity contribution in [1.82, 2.24) is 4.98 Å². The Balaban J connectivity index is 2.10. The SMILES string of the molecule is COc1cc(OC)cc(-c2scnc2-c2ccc(N)cc2)c1. The summed E-state index contributed by atoms with van der Waals surface area (Å²) in [6, 6.07) is 13.5. The van der Waals surface area contributed by atoms with Gasteiger partial charge in [-0.15, -0.1) is 11.3 Å². The summed E-state index contributed by atoms with van der Waals surface area (Å²) in [6.07, 6.45) is 0. The van der Waals surface area contributed by atoms with Gasteiger partial charge in [0.2, 0.25) is 0 Å². The number of rotatable bonds is 4. The van der Waals surface area contributed by atoms with E-state index in [0.29, 0.717) is 0 Å². The molecule has 3 rings (SSSR count). The van der Waals surface area contributed by atoms with Crippen LogP contribution in [0.3, 0.4) is 0 Å². The summed E-state index contributed by atoms with van der Waals surface area (Å²) in [5.41, 5.74) is 11.3. The normalized spacial score (nSPS) is 10.5. The monoisotopic (exact) mass is 312 g/mol. The minimum Gasteiger partial charge on any atom is -0.497 e. The summed E-state index contributed by atoms with van der Waals surface area (Å²) >= 11 is 1.59. The molecule has 5 heteroatoms. The van der Waals surface area contributed by atoms with Gasteiger partial charge >= 0.3 is 0 Å². The second-order valence-electron chi connectivity index (χ2n) is 4.75. The Bertz CT molecular complexity index is 759. The predicted octanol–water partition coefficient (Wildman–Crippen LogP) is 4.08. The van der Waals surface area contributed by atoms with Gasteiger partial charge in [-0.3, -0.25) is 0 Å². The first-order valence-corrected chi connectivity index (χ1v) is 7.62. The third-order valence-electron chi connectivity index (χ3n) is 3.37. The number of benzene rings is 2. The third-order valence-corrected chi connectivity index (χ3v) is 4.24. The first-order valence-electron chi connectivity index (χ1n) is 6.74. The third kappa shape index (κ3) is 2.76. The van der Waals surface area contributed by atoms with Crippen molar-refractivity contribution in [2.24, 2.45) is 0 Å². The van der Waals surface area contributed by atoms with Crippen LogP contribution in [0.15, 0.2) is 48.0 Å². The van der Waals surface area contributed by atoms with E-state index in [1.54, 1.807) is 25.6 Å². The van der Waals surface area contributed by atoms with Gasteiger partial charge in [-0.25, -0.2) is 4.98 Å². The molecular formula is C17H16N2O2S. The molecule has 0 spiro atoms. The molecule has 22 heavy (non-hydrogen) atoms. The van der Waals surface area contributed by atoms with E-state index in [1.165, 1.54) is 0 Å². The lowest BCUT2D eigenvalue weighted by molar-refractivity contribution is 0.394. The highest BCUT2D eigenvalue weighted by molar-refractivity contribution is 7.13. The van der Waals surface area contributed by atoms with E-state index in [4.69, 9.17) is 15.2 Å². The molecule has 0 atom stereocenters. The minimum absolute atomic E-state index is 0.739. The molecule has 0 bridgehead atoms. The summed E-state index contributed by atoms with van der Waals surface area (Å²) in [6.45, 7) is 0. The highest BCUT2D eigenvalue weighted by atomic mass is 32.1. The predicted molar refractivity (Wildman–Crippen MR) is 90.5 cm³/mol. The summed E-state index contributed by atoms with van der Waals surface area (Å²) in [7, 11) is 3.29. The highest BCUT2D eigenvalue weighted by Gasteiger charge is 2.13. The first kappa shape index (κ1) is 14.4. The maximum atomic E-state index is 5.75. The maximum absolute atomic E-state index is 5.75. The molecule has 0 radical (unpaired) electrons. The smallest absolute Gasteiger partial charge is 0.123 e. The van der Waals surface area contributed by atoms with Gasteiger partial charge in [0.05, 0.1) is 30.3 Å². The van der Waals surface area contributed by atoms with Crippen LogP contribution in [0.1, 0.15) is 0 Å². The Morgan fingerprint density at radius 1 is 0.909 bits per heavy atom. The lowest BCUT2D eigenvalue weighted by Crippen LogP contribution is -1.89. The molecule has 3 aromatic rings. The fourth-order valence-electron chi connectivity index (χ4n) is 2.24. The summed E-state index contributed by atoms with van der Waals surface area (Å²) in [4.78, 5) is 5.57. The molecule has 1 heterocycles. The number of nitrogens with zero attached hydrogens (tertiary/aromatic N) is 1. The van der Waals surface area contributed by atoms with Gasteiger partial charge in [0.15, 0.2) is 0 Å². The molecule has 0 aliphatic rings. The quantitative estimate of drug-likeness (QED) is 0.738. The zero-order valence-electron chi connectivity index (χ0n) is 12.4. The fraction of sp³-hybridized carbons (Fsp3) is 0.118. The number of anilines is 1. The van der Waals surface area contributed by atoms with Crippen molar-refractivity contribution in [3.8, 4) is 33.2 Å². The van der Waals surface area contributed by atoms with E-state index >= 15 is 0 Å². The van der Waals surface area contributed by atoms with Crippen molar-refractivity contribution in [1.29, 1.82) is 0 Å². The number of ether oxygens (including phenoxy) is 2. The maximum Gasteiger partial charge on any atom is 0.123 e. The van der Waals surface area contributed by atoms with E-state index in [2.05, 4.69) is 4.98 Å². The molecule has 2 aromatic carbocycles. The molecular weight excluding hydrogens is 296 g/mol. The topological polar surface area (TPSA) is 57.4 Å². The number of thiazole rings is 1. The molecule has 4 nitrogen and oxygen atoms in total. The second-order valence-corrected chi connectivity index (χ2v) is 5.61. The standard InChI is InChI=1S/C17H16N2O2S/c1-20-14-7-12(8-15(9-14)21-2)17-16(19-10-22-17)11-3-5-13(18)6-4-11/h3-10H,18H2,1-2H3. The van der Waals surface area contributed by atoms with Crippen LogP contribution in [0.5, 0.6) is 11.5 Å². The van der Waals surface area contributed by atoms with Gasteiger partial charge in [0, 0.05) is 22.9 Å². The Labute approximate surface area is 133 Å². The molecule has 0 saturated heterocycles. The number of nitrogens with two attached hydrogens (primary N) is 1. The lowest BCUT2D eigenvalue weighted by Gasteiger charge is -2.09. The van der Waals surface area contributed by atoms with Gasteiger partial charge in [-0.2, -0.15) is 0 Å². The zero-order chi connectivity index (χ0) is 15.5. The second kappa shape index (κ2) is 6.07. The van der Waals surface area contributed by atoms with Crippen molar-refractivity contribution in [3.63, 3.8) is 0 Å². The number of hydrogen-bond donors (Lipinski definition) is 1. The number of nitrogen functional groups attached to an aromatic ring is 1. The summed E-state index contributed by atoms with van der Waals surface area (Å²) in [5.74, 6) is 1.51. The van der Waals surface area contributed by atoms with Crippen LogP contribution in [0.2, 0.25) is 0 Å². The number of methoxy groups -OCH3 is 2. The molecule has 0 saturated carbocycles. The summed E-state index contributed by atoms with van der Waals surface area (Å²) in [5, 5.41) is 0. The molecule has 0 unspecified atom stereocenters. The number of aromatic nitrogens is 1. The Morgan fingerprint density at radius 3 is 2.14 bits per heavy atom. The van der Waals surface area contributed by atoms with Crippen molar-refractivity contribution < 1.29 is 9.47 Å². The zero-order valence-corrected chi connectivity index (χ0v) is 13.2. The number of hydrogen-bond acceptors (Lipinski definition) is 5. The van der Waals surface area contributed by atoms with Crippen molar-refractivity contribution >= 4 is 17.0 Å². The van der Waals surface area contributed by atoms with Crippen molar-refractivity contribution in [3.05, 3.63) is 48.0 Å². The van der Waals surface area contributed by atoms with Crippen molar-refractivity contribution in [2.45, 2.75) is 0 Å². The van der Waals surface area contributed by atoms with Gasteiger partial charge in [-0.1, -0.05) is 12.1 Å². The molecule has 0 aliphatic heterocycles. The molecule has 2 N–H and O–H groups in total. The average Bonchev–Trinajstić information content (AvgIpc) is 3.04. The Kier molecular flexibility index (Phi) is 3.98. The van der Waals surface area contributed by atoms with Gasteiger partial charge < -0.3 is 15.2 Å². The minimum atomic E-state index is 0.739. The van der Waals surface area contributed by atoms with Crippen molar-refractivity contribution in [2.75, 3.05) is 20.0 Å². The average molecular weight is 312 g/mol. The molecule has 0 fully saturated rings. The molecule has 112 valence electrons. The van der Waals surface area contributed by atoms with Crippen LogP contribution in [0.4, 0.5) is 5.69 Å². The highest BCUT2D eigenvalue weighted by Crippen LogP contribution is 2.38. The fourth-order valence-corrected chi connectivity index (χ4v) is 3.04. The largest absolute Gasteiger partial charge is 0.497 e. The van der Waals surface area contributed by atoms with Crippen LogP contribution >= 0.6 is 11.3 Å². The van der Waals surface area contributed by atoms with Crippen LogP contribution < -0.4 is 15.2 Å². The Morgan fingerprint density at radius 2 is 1.55 bits per heavy atom. The van der Waals surface area contributed by atoms with Crippen LogP contribution in [0.25, 0.3) is 21.7 Å². The van der Waals surface area contributed by atoms with Gasteiger partial charge in [0.1, 0.15) is 11.5 Å². The van der Waals surface area contributed by atoms with E-state index in [-0.39, 0.29) is 0 Å². The molecule has 1 aromatic heterocycles. The Hall–Kier alpha value is -2.53. The van der Waals surface area contributed by atoms with Crippen LogP contribution in [-0.4, -0.2) is 19.2 Å². The van der Waals surface area contributed by atoms with Crippen LogP contribution in [-0.2, 0) is 0 Å². The first-order chi connectivity index (χ1) is 10.7.